The van der Waals surface area contributed by atoms with Crippen molar-refractivity contribution in [3.63, 3.8) is 0 Å². The molecule has 1 nitrogen and oxygen atoms in total. The number of benzene rings is 15. The molecule has 1 N–H and O–H groups in total. The van der Waals surface area contributed by atoms with E-state index in [1.807, 2.05) is 24.3 Å². The molecular formula is C115H125OS5+5. The van der Waals surface area contributed by atoms with Gasteiger partial charge in [0.2, 0.25) is 0 Å². The first-order valence-electron chi connectivity index (χ1n) is 42.2. The largest absolute Gasteiger partial charge is 0.508 e. The molecule has 0 saturated heterocycles. The Bertz CT molecular complexity index is 5320. The summed E-state index contributed by atoms with van der Waals surface area (Å²) >= 11 is 0. The molecule has 0 radical (unpaired) electrons. The van der Waals surface area contributed by atoms with Crippen LogP contribution in [0.1, 0.15) is 159 Å². The van der Waals surface area contributed by atoms with Crippen molar-refractivity contribution in [3.8, 4) is 5.75 Å². The molecule has 0 aliphatic rings. The monoisotopic (exact) mass is 1680 g/mol. The lowest BCUT2D eigenvalue weighted by molar-refractivity contribution is 0.475. The van der Waals surface area contributed by atoms with E-state index in [9.17, 15) is 5.11 Å². The predicted molar refractivity (Wildman–Crippen MR) is 526 cm³/mol. The van der Waals surface area contributed by atoms with Gasteiger partial charge in [-0.15, -0.1) is 0 Å². The number of phenols is 1. The molecule has 0 aromatic heterocycles. The van der Waals surface area contributed by atoms with Gasteiger partial charge in [-0.25, -0.2) is 0 Å². The maximum Gasteiger partial charge on any atom is 0.172 e. The minimum absolute atomic E-state index is 0.0345. The predicted octanol–water partition coefficient (Wildman–Crippen LogP) is 31.6. The van der Waals surface area contributed by atoms with Crippen LogP contribution in [-0.2, 0) is 81.5 Å². The second-order valence-electron chi connectivity index (χ2n) is 36.1. The summed E-state index contributed by atoms with van der Waals surface area (Å²) in [7, 11) is -0.419. The molecule has 0 amide bonds. The first-order chi connectivity index (χ1) is 57.7. The topological polar surface area (TPSA) is 20.2 Å². The van der Waals surface area contributed by atoms with Crippen molar-refractivity contribution in [3.05, 3.63) is 444 Å². The number of hydrogen-bond acceptors (Lipinski definition) is 1. The van der Waals surface area contributed by atoms with E-state index >= 15 is 0 Å². The zero-order chi connectivity index (χ0) is 86.7. The van der Waals surface area contributed by atoms with E-state index in [1.165, 1.54) is 129 Å². The number of aromatic hydroxyl groups is 1. The Labute approximate surface area is 742 Å². The van der Waals surface area contributed by atoms with E-state index in [4.69, 9.17) is 0 Å². The summed E-state index contributed by atoms with van der Waals surface area (Å²) in [6.45, 7) is 45.1. The molecule has 616 valence electrons. The molecular weight excluding hydrogens is 1560 g/mol. The van der Waals surface area contributed by atoms with Gasteiger partial charge in [-0.05, 0) is 265 Å². The molecule has 15 rings (SSSR count). The van der Waals surface area contributed by atoms with Gasteiger partial charge in [0, 0.05) is 16.7 Å². The highest BCUT2D eigenvalue weighted by Crippen LogP contribution is 2.41. The normalized spacial score (nSPS) is 11.7. The number of hydrogen-bond donors (Lipinski definition) is 1. The summed E-state index contributed by atoms with van der Waals surface area (Å²) in [6, 6.07) is 140. The third-order valence-corrected chi connectivity index (χ3v) is 32.7. The summed E-state index contributed by atoms with van der Waals surface area (Å²) in [5.41, 5.74) is 14.5. The standard InChI is InChI=1S/C30H39S.C26H31S.C21H21S.C20H19S.C18H14OS/c1-28(2,3)22-10-16-25(17-11-22)31(26-18-12-23(13-19-26)29(4,5)6)27-20-14-24(15-21-27)30(7,8)9;1-25(2,3)20-12-16-23(17-13-20)27(22-10-8-7-9-11-22)24-18-14-21(15-19-24)26(4,5)6;1-16-14-17(2)21(18(3)15-16)22(19-10-6-4-7-11-19)20-12-8-5-9-13-20;1-16-13-14-20(17(2)15-16)21(18-9-5-3-6-10-18)19-11-7-4-8-12-19;19-15-11-13-18(14-12-15)20(16-7-3-1-4-8-16)17-9-5-2-6-10-17/h10-21H,1-9H3;7-19H,1-6H3;4-15H,1-3H3;3-15H,1-2H3;1-14H/q4*+1;/p+1. The van der Waals surface area contributed by atoms with Gasteiger partial charge < -0.3 is 5.11 Å². The van der Waals surface area contributed by atoms with Gasteiger partial charge in [-0.2, -0.15) is 0 Å². The maximum absolute atomic E-state index is 9.48. The molecule has 0 atom stereocenters. The first kappa shape index (κ1) is 91.6. The van der Waals surface area contributed by atoms with Crippen LogP contribution in [0.25, 0.3) is 0 Å². The van der Waals surface area contributed by atoms with Crippen LogP contribution in [0.4, 0.5) is 0 Å². The van der Waals surface area contributed by atoms with Crippen molar-refractivity contribution in [1.82, 2.24) is 0 Å². The molecule has 0 unspecified atom stereocenters. The fourth-order valence-corrected chi connectivity index (χ4v) is 25.2. The summed E-state index contributed by atoms with van der Waals surface area (Å²) in [5.74, 6) is 0.304. The van der Waals surface area contributed by atoms with E-state index < -0.39 is 0 Å². The van der Waals surface area contributed by atoms with Gasteiger partial charge in [-0.1, -0.05) is 327 Å². The summed E-state index contributed by atoms with van der Waals surface area (Å²) < 4.78 is 0. The summed E-state index contributed by atoms with van der Waals surface area (Å²) in [4.78, 5) is 20.4. The van der Waals surface area contributed by atoms with Crippen LogP contribution in [0.15, 0.2) is 462 Å². The van der Waals surface area contributed by atoms with Crippen molar-refractivity contribution in [2.75, 3.05) is 0 Å². The molecule has 0 saturated carbocycles. The lowest BCUT2D eigenvalue weighted by Crippen LogP contribution is -2.13. The zero-order valence-electron chi connectivity index (χ0n) is 74.9. The van der Waals surface area contributed by atoms with Crippen molar-refractivity contribution >= 4 is 54.5 Å². The smallest absolute Gasteiger partial charge is 0.172 e. The molecule has 15 aromatic rings. The average molecular weight is 1680 g/mol. The van der Waals surface area contributed by atoms with E-state index in [1.54, 1.807) is 12.1 Å². The second kappa shape index (κ2) is 41.6. The fraction of sp³-hybridized carbons (Fsp3) is 0.217. The van der Waals surface area contributed by atoms with E-state index in [0.29, 0.717) is 5.75 Å². The fourth-order valence-electron chi connectivity index (χ4n) is 14.4. The van der Waals surface area contributed by atoms with Gasteiger partial charge in [0.05, 0.1) is 54.5 Å². The highest BCUT2D eigenvalue weighted by Gasteiger charge is 2.36. The lowest BCUT2D eigenvalue weighted by atomic mass is 9.87. The molecule has 0 heterocycles. The van der Waals surface area contributed by atoms with Crippen molar-refractivity contribution in [1.29, 1.82) is 0 Å². The Balaban J connectivity index is 0.000000149. The van der Waals surface area contributed by atoms with Gasteiger partial charge in [0.15, 0.2) is 73.4 Å². The van der Waals surface area contributed by atoms with Crippen LogP contribution >= 0.6 is 0 Å². The minimum atomic E-state index is -0.134. The highest BCUT2D eigenvalue weighted by atomic mass is 32.2. The van der Waals surface area contributed by atoms with Gasteiger partial charge in [0.1, 0.15) is 5.75 Å². The van der Waals surface area contributed by atoms with Crippen molar-refractivity contribution in [2.45, 2.75) is 239 Å². The van der Waals surface area contributed by atoms with Crippen LogP contribution in [0, 0.1) is 34.6 Å². The Kier molecular flexibility index (Phi) is 31.5. The molecule has 15 aromatic carbocycles. The molecule has 0 aliphatic heterocycles. The molecule has 0 aliphatic carbocycles. The third-order valence-electron chi connectivity index (χ3n) is 21.1. The van der Waals surface area contributed by atoms with Crippen LogP contribution in [0.5, 0.6) is 5.75 Å². The second-order valence-corrected chi connectivity index (χ2v) is 46.1. The summed E-state index contributed by atoms with van der Waals surface area (Å²) in [6.07, 6.45) is 0. The number of rotatable bonds is 15. The van der Waals surface area contributed by atoms with Crippen LogP contribution < -0.4 is 0 Å². The molecule has 0 bridgehead atoms. The number of phenolic OH excluding ortho intramolecular Hbond substituents is 1. The molecule has 121 heavy (non-hydrogen) atoms. The van der Waals surface area contributed by atoms with Gasteiger partial charge in [0.25, 0.3) is 0 Å². The van der Waals surface area contributed by atoms with Crippen molar-refractivity contribution < 1.29 is 5.11 Å². The maximum atomic E-state index is 9.48. The summed E-state index contributed by atoms with van der Waals surface area (Å²) in [5, 5.41) is 9.48. The van der Waals surface area contributed by atoms with Gasteiger partial charge >= 0.3 is 0 Å². The Morgan fingerprint density at radius 1 is 0.174 bits per heavy atom. The van der Waals surface area contributed by atoms with Crippen LogP contribution in [0.2, 0.25) is 0 Å². The Hall–Kier alpha value is -10.2. The lowest BCUT2D eigenvalue weighted by Gasteiger charge is -2.21. The minimum Gasteiger partial charge on any atom is -0.508 e. The van der Waals surface area contributed by atoms with Crippen LogP contribution in [0.3, 0.4) is 0 Å². The van der Waals surface area contributed by atoms with E-state index in [0.717, 1.165) is 0 Å². The highest BCUT2D eigenvalue weighted by molar-refractivity contribution is 7.98. The average Bonchev–Trinajstić information content (AvgIpc) is 0.791. The molecule has 6 heteroatoms. The number of aryl methyl sites for hydroxylation is 5. The zero-order valence-corrected chi connectivity index (χ0v) is 79.0. The SMILES string of the molecule is CC(C)(C)c1ccc([S+](c2ccc(C(C)(C)C)cc2)c2ccc(C(C)(C)C)cc2)cc1.CC(C)(C)c1ccc([S+](c2ccccc2)c2ccc(C(C)(C)C)cc2)cc1.Cc1cc(C)c([S+](c2ccccc2)c2ccccc2)c(C)c1.Cc1ccc([S+](c2ccccc2)c2ccccc2)c(C)c1.Oc1ccc([S+](c2ccccc2)c2ccccc2)cc1. The first-order valence-corrected chi connectivity index (χ1v) is 48.4. The van der Waals surface area contributed by atoms with Crippen LogP contribution in [-0.4, -0.2) is 5.11 Å². The van der Waals surface area contributed by atoms with E-state index in [-0.39, 0.29) is 81.5 Å². The Morgan fingerprint density at radius 2 is 0.355 bits per heavy atom. The quantitative estimate of drug-likeness (QED) is 0.101. The third kappa shape index (κ3) is 25.3. The molecule has 0 fully saturated rings. The van der Waals surface area contributed by atoms with Crippen molar-refractivity contribution in [2.24, 2.45) is 0 Å². The van der Waals surface area contributed by atoms with E-state index in [2.05, 4.69) is 490 Å². The van der Waals surface area contributed by atoms with Gasteiger partial charge in [-0.3, -0.25) is 0 Å². The molecule has 0 spiro atoms. The Morgan fingerprint density at radius 3 is 0.562 bits per heavy atom.